The van der Waals surface area contributed by atoms with Crippen molar-refractivity contribution < 1.29 is 14.6 Å². The third-order valence-electron chi connectivity index (χ3n) is 4.35. The lowest BCUT2D eigenvalue weighted by Crippen LogP contribution is -2.20. The number of carbonyl (C=O) groups is 1. The Hall–Kier alpha value is -2.86. The highest BCUT2D eigenvalue weighted by molar-refractivity contribution is 7.14. The van der Waals surface area contributed by atoms with Gasteiger partial charge in [-0.05, 0) is 30.5 Å². The van der Waals surface area contributed by atoms with E-state index in [0.29, 0.717) is 13.0 Å². The monoisotopic (exact) mass is 396 g/mol. The van der Waals surface area contributed by atoms with Crippen molar-refractivity contribution in [2.24, 2.45) is 0 Å². The van der Waals surface area contributed by atoms with Crippen LogP contribution in [0.25, 0.3) is 11.3 Å². The number of rotatable bonds is 10. The maximum Gasteiger partial charge on any atom is 0.303 e. The van der Waals surface area contributed by atoms with E-state index in [1.807, 2.05) is 49.5 Å². The Labute approximate surface area is 169 Å². The van der Waals surface area contributed by atoms with Gasteiger partial charge in [0.25, 0.3) is 0 Å². The topological polar surface area (TPSA) is 62.7 Å². The molecule has 0 bridgehead atoms. The Kier molecular flexibility index (Phi) is 7.03. The van der Waals surface area contributed by atoms with Gasteiger partial charge >= 0.3 is 5.97 Å². The summed E-state index contributed by atoms with van der Waals surface area (Å²) in [6.45, 7) is 1.48. The Bertz CT molecular complexity index is 878. The molecular formula is C22H24N2O3S. The summed E-state index contributed by atoms with van der Waals surface area (Å²) in [6.07, 6.45) is 1.58. The van der Waals surface area contributed by atoms with Gasteiger partial charge in [-0.15, -0.1) is 11.3 Å². The highest BCUT2D eigenvalue weighted by Crippen LogP contribution is 2.26. The number of hydrogen-bond donors (Lipinski definition) is 1. The smallest absolute Gasteiger partial charge is 0.303 e. The molecule has 0 saturated heterocycles. The third-order valence-corrected chi connectivity index (χ3v) is 5.30. The van der Waals surface area contributed by atoms with Crippen LogP contribution in [0, 0.1) is 0 Å². The van der Waals surface area contributed by atoms with Crippen LogP contribution in [0.3, 0.4) is 0 Å². The van der Waals surface area contributed by atoms with Crippen LogP contribution in [-0.2, 0) is 11.2 Å². The van der Waals surface area contributed by atoms with Crippen LogP contribution in [0.2, 0.25) is 0 Å². The van der Waals surface area contributed by atoms with Crippen molar-refractivity contribution in [3.8, 4) is 17.0 Å². The third kappa shape index (κ3) is 5.82. The van der Waals surface area contributed by atoms with Crippen molar-refractivity contribution in [3.63, 3.8) is 0 Å². The molecule has 0 fully saturated rings. The van der Waals surface area contributed by atoms with E-state index in [1.54, 1.807) is 11.3 Å². The minimum Gasteiger partial charge on any atom is -0.494 e. The summed E-state index contributed by atoms with van der Waals surface area (Å²) in [6, 6.07) is 17.8. The molecule has 3 rings (SSSR count). The van der Waals surface area contributed by atoms with Crippen molar-refractivity contribution in [3.05, 3.63) is 65.5 Å². The number of hydrogen-bond acceptors (Lipinski definition) is 5. The normalized spacial score (nSPS) is 10.6. The SMILES string of the molecule is CN(CCCOc1ccc(CCC(=O)O)cc1)c1nc(-c2ccccc2)cs1. The molecule has 0 aliphatic heterocycles. The second kappa shape index (κ2) is 9.90. The molecule has 146 valence electrons. The summed E-state index contributed by atoms with van der Waals surface area (Å²) in [5.74, 6) is 0.0305. The van der Waals surface area contributed by atoms with E-state index < -0.39 is 5.97 Å². The fourth-order valence-corrected chi connectivity index (χ4v) is 3.60. The van der Waals surface area contributed by atoms with E-state index >= 15 is 0 Å². The van der Waals surface area contributed by atoms with Gasteiger partial charge in [0, 0.05) is 31.0 Å². The molecule has 1 aromatic heterocycles. The number of thiazole rings is 1. The summed E-state index contributed by atoms with van der Waals surface area (Å²) >= 11 is 1.65. The molecule has 0 saturated carbocycles. The van der Waals surface area contributed by atoms with E-state index in [-0.39, 0.29) is 6.42 Å². The van der Waals surface area contributed by atoms with Gasteiger partial charge in [0.1, 0.15) is 5.75 Å². The van der Waals surface area contributed by atoms with Crippen LogP contribution in [0.5, 0.6) is 5.75 Å². The number of anilines is 1. The quantitative estimate of drug-likeness (QED) is 0.502. The number of ether oxygens (including phenoxy) is 1. The molecule has 0 atom stereocenters. The number of nitrogens with zero attached hydrogens (tertiary/aromatic N) is 2. The minimum absolute atomic E-state index is 0.148. The number of aryl methyl sites for hydroxylation is 1. The first kappa shape index (κ1) is 19.9. The number of carboxylic acid groups (broad SMARTS) is 1. The molecule has 2 aromatic carbocycles. The number of carboxylic acids is 1. The van der Waals surface area contributed by atoms with Crippen LogP contribution in [0.4, 0.5) is 5.13 Å². The lowest BCUT2D eigenvalue weighted by atomic mass is 10.1. The van der Waals surface area contributed by atoms with Gasteiger partial charge < -0.3 is 14.7 Å². The van der Waals surface area contributed by atoms with Crippen LogP contribution in [0.15, 0.2) is 60.0 Å². The van der Waals surface area contributed by atoms with Crippen LogP contribution >= 0.6 is 11.3 Å². The highest BCUT2D eigenvalue weighted by atomic mass is 32.1. The van der Waals surface area contributed by atoms with Crippen molar-refractivity contribution in [1.82, 2.24) is 4.98 Å². The Morgan fingerprint density at radius 2 is 1.89 bits per heavy atom. The van der Waals surface area contributed by atoms with Crippen molar-refractivity contribution >= 4 is 22.4 Å². The van der Waals surface area contributed by atoms with E-state index in [1.165, 1.54) is 0 Å². The Morgan fingerprint density at radius 1 is 1.14 bits per heavy atom. The zero-order valence-corrected chi connectivity index (χ0v) is 16.7. The molecule has 5 nitrogen and oxygen atoms in total. The van der Waals surface area contributed by atoms with Crippen LogP contribution < -0.4 is 9.64 Å². The van der Waals surface area contributed by atoms with Gasteiger partial charge in [-0.3, -0.25) is 4.79 Å². The first-order chi connectivity index (χ1) is 13.6. The molecule has 28 heavy (non-hydrogen) atoms. The summed E-state index contributed by atoms with van der Waals surface area (Å²) in [5, 5.41) is 11.8. The molecule has 1 heterocycles. The van der Waals surface area contributed by atoms with Gasteiger partial charge in [0.05, 0.1) is 12.3 Å². The average Bonchev–Trinajstić information content (AvgIpc) is 3.21. The lowest BCUT2D eigenvalue weighted by molar-refractivity contribution is -0.136. The molecule has 0 aliphatic carbocycles. The number of aliphatic carboxylic acids is 1. The summed E-state index contributed by atoms with van der Waals surface area (Å²) in [5.41, 5.74) is 3.15. The summed E-state index contributed by atoms with van der Waals surface area (Å²) in [7, 11) is 2.05. The molecule has 1 N–H and O–H groups in total. The molecule has 0 aliphatic rings. The average molecular weight is 397 g/mol. The van der Waals surface area contributed by atoms with E-state index in [9.17, 15) is 4.79 Å². The molecular weight excluding hydrogens is 372 g/mol. The van der Waals surface area contributed by atoms with Crippen LogP contribution in [-0.4, -0.2) is 36.3 Å². The molecule has 6 heteroatoms. The predicted molar refractivity (Wildman–Crippen MR) is 113 cm³/mol. The van der Waals surface area contributed by atoms with E-state index in [2.05, 4.69) is 22.4 Å². The molecule has 0 radical (unpaired) electrons. The maximum absolute atomic E-state index is 10.6. The maximum atomic E-state index is 10.6. The van der Waals surface area contributed by atoms with Gasteiger partial charge in [0.2, 0.25) is 0 Å². The molecule has 0 unspecified atom stereocenters. The second-order valence-corrected chi connectivity index (χ2v) is 7.38. The van der Waals surface area contributed by atoms with Crippen LogP contribution in [0.1, 0.15) is 18.4 Å². The fraction of sp³-hybridized carbons (Fsp3) is 0.273. The zero-order chi connectivity index (χ0) is 19.8. The first-order valence-electron chi connectivity index (χ1n) is 9.27. The predicted octanol–water partition coefficient (Wildman–Crippen LogP) is 4.73. The van der Waals surface area contributed by atoms with Gasteiger partial charge in [-0.2, -0.15) is 0 Å². The van der Waals surface area contributed by atoms with Gasteiger partial charge in [0.15, 0.2) is 5.13 Å². The van der Waals surface area contributed by atoms with E-state index in [0.717, 1.165) is 40.7 Å². The Balaban J connectivity index is 1.41. The lowest BCUT2D eigenvalue weighted by Gasteiger charge is -2.15. The van der Waals surface area contributed by atoms with Crippen molar-refractivity contribution in [2.45, 2.75) is 19.3 Å². The van der Waals surface area contributed by atoms with Gasteiger partial charge in [-0.1, -0.05) is 42.5 Å². The molecule has 0 spiro atoms. The van der Waals surface area contributed by atoms with Crippen molar-refractivity contribution in [2.75, 3.05) is 25.1 Å². The highest BCUT2D eigenvalue weighted by Gasteiger charge is 2.08. The molecule has 3 aromatic rings. The minimum atomic E-state index is -0.777. The zero-order valence-electron chi connectivity index (χ0n) is 15.9. The largest absolute Gasteiger partial charge is 0.494 e. The second-order valence-electron chi connectivity index (χ2n) is 6.54. The number of benzene rings is 2. The number of aromatic nitrogens is 1. The van der Waals surface area contributed by atoms with E-state index in [4.69, 9.17) is 14.8 Å². The fourth-order valence-electron chi connectivity index (χ4n) is 2.77. The summed E-state index contributed by atoms with van der Waals surface area (Å²) in [4.78, 5) is 17.5. The van der Waals surface area contributed by atoms with Crippen molar-refractivity contribution in [1.29, 1.82) is 0 Å². The standard InChI is InChI=1S/C22H24N2O3S/c1-24(22-23-20(16-28-22)18-6-3-2-4-7-18)14-5-15-27-19-11-8-17(9-12-19)10-13-21(25)26/h2-4,6-9,11-12,16H,5,10,13-15H2,1H3,(H,25,26). The first-order valence-corrected chi connectivity index (χ1v) is 10.2. The van der Waals surface area contributed by atoms with Gasteiger partial charge in [-0.25, -0.2) is 4.98 Å². The summed E-state index contributed by atoms with van der Waals surface area (Å²) < 4.78 is 5.79. The molecule has 0 amide bonds. The Morgan fingerprint density at radius 3 is 2.61 bits per heavy atom.